The van der Waals surface area contributed by atoms with E-state index < -0.39 is 16.6 Å². The molecule has 1 saturated heterocycles. The molecule has 1 amide bonds. The molecule has 0 radical (unpaired) electrons. The molecule has 2 atom stereocenters. The maximum absolute atomic E-state index is 11.6. The van der Waals surface area contributed by atoms with Gasteiger partial charge in [-0.25, -0.2) is 4.98 Å². The zero-order valence-corrected chi connectivity index (χ0v) is 12.8. The van der Waals surface area contributed by atoms with Crippen LogP contribution in [0.4, 0.5) is 10.5 Å². The van der Waals surface area contributed by atoms with Gasteiger partial charge in [0.1, 0.15) is 12.7 Å². The summed E-state index contributed by atoms with van der Waals surface area (Å²) in [7, 11) is 0. The van der Waals surface area contributed by atoms with E-state index in [0.717, 1.165) is 6.20 Å². The molecule has 0 bridgehead atoms. The summed E-state index contributed by atoms with van der Waals surface area (Å²) in [5.74, 6) is 0.253. The number of carboxylic acid groups (broad SMARTS) is 1. The first kappa shape index (κ1) is 16.2. The van der Waals surface area contributed by atoms with E-state index >= 15 is 0 Å². The van der Waals surface area contributed by atoms with Crippen LogP contribution in [-0.2, 0) is 0 Å². The molecule has 2 rings (SSSR count). The summed E-state index contributed by atoms with van der Waals surface area (Å²) in [4.78, 5) is 25.5. The molecule has 1 fully saturated rings. The number of hydrogen-bond acceptors (Lipinski definition) is 6. The number of nitrogens with zero attached hydrogens (tertiary/aromatic N) is 3. The maximum Gasteiger partial charge on any atom is 0.287 e. The lowest BCUT2D eigenvalue weighted by Crippen LogP contribution is -2.66. The Morgan fingerprint density at radius 2 is 2.14 bits per heavy atom. The molecule has 8 nitrogen and oxygen atoms in total. The van der Waals surface area contributed by atoms with Gasteiger partial charge < -0.3 is 14.6 Å². The summed E-state index contributed by atoms with van der Waals surface area (Å²) in [6.07, 6.45) is 0.250. The Hall–Kier alpha value is -2.22. The fourth-order valence-corrected chi connectivity index (χ4v) is 2.76. The van der Waals surface area contributed by atoms with Crippen molar-refractivity contribution >= 4 is 11.8 Å². The minimum atomic E-state index is -1.12. The van der Waals surface area contributed by atoms with Gasteiger partial charge in [0.2, 0.25) is 5.88 Å². The lowest BCUT2D eigenvalue weighted by Gasteiger charge is -2.44. The number of quaternary nitrogens is 1. The number of carbonyl (C=O) groups excluding carboxylic acids is 1. The number of hydrogen-bond donors (Lipinski definition) is 0. The number of amides is 1. The molecule has 0 saturated carbocycles. The molecule has 8 heteroatoms. The molecule has 2 heterocycles. The van der Waals surface area contributed by atoms with Crippen molar-refractivity contribution in [2.75, 3.05) is 13.1 Å². The first-order chi connectivity index (χ1) is 10.2. The van der Waals surface area contributed by atoms with Crippen LogP contribution in [0.25, 0.3) is 0 Å². The standard InChI is InChI=1S/C14H19N3O5/c1-14(2,3)17(13(18)19)7-6-11(9-17)22-12-5-4-10(8-15-12)16(20)21/h4-5,8,11H,6-7,9H2,1-3H3/t11-,17?/m0/s1. The molecule has 0 aromatic carbocycles. The summed E-state index contributed by atoms with van der Waals surface area (Å²) < 4.78 is 5.49. The molecule has 1 aromatic rings. The smallest absolute Gasteiger partial charge is 0.287 e. The lowest BCUT2D eigenvalue weighted by atomic mass is 10.0. The minimum Gasteiger partial charge on any atom is -0.498 e. The molecule has 120 valence electrons. The summed E-state index contributed by atoms with van der Waals surface area (Å²) >= 11 is 0. The van der Waals surface area contributed by atoms with E-state index in [-0.39, 0.29) is 28.7 Å². The molecule has 0 N–H and O–H groups in total. The fraction of sp³-hybridized carbons (Fsp3) is 0.571. The average molecular weight is 309 g/mol. The van der Waals surface area contributed by atoms with Crippen LogP contribution in [0, 0.1) is 10.1 Å². The van der Waals surface area contributed by atoms with Crippen LogP contribution >= 0.6 is 0 Å². The van der Waals surface area contributed by atoms with Gasteiger partial charge >= 0.3 is 0 Å². The second-order valence-electron chi connectivity index (χ2n) is 6.45. The Balaban J connectivity index is 2.10. The molecule has 0 aliphatic carbocycles. The molecule has 1 aliphatic heterocycles. The van der Waals surface area contributed by atoms with Gasteiger partial charge in [0, 0.05) is 18.6 Å². The summed E-state index contributed by atoms with van der Waals surface area (Å²) in [6, 6.07) is 2.73. The second kappa shape index (κ2) is 5.53. The van der Waals surface area contributed by atoms with E-state index in [0.29, 0.717) is 13.0 Å². The zero-order chi connectivity index (χ0) is 16.5. The number of rotatable bonds is 3. The second-order valence-corrected chi connectivity index (χ2v) is 6.45. The fourth-order valence-electron chi connectivity index (χ4n) is 2.76. The number of likely N-dealkylation sites (tertiary alicyclic amines) is 1. The van der Waals surface area contributed by atoms with E-state index in [1.165, 1.54) is 12.1 Å². The minimum absolute atomic E-state index is 0.117. The SMILES string of the molecule is CC(C)(C)[N+]1(C(=O)[O-])CC[C@H](Oc2ccc([N+](=O)[O-])cn2)C1. The van der Waals surface area contributed by atoms with Crippen LogP contribution in [0.1, 0.15) is 27.2 Å². The largest absolute Gasteiger partial charge is 0.498 e. The molecule has 1 unspecified atom stereocenters. The highest BCUT2D eigenvalue weighted by Crippen LogP contribution is 2.32. The first-order valence-electron chi connectivity index (χ1n) is 7.01. The average Bonchev–Trinajstić information content (AvgIpc) is 2.84. The number of pyridine rings is 1. The Bertz CT molecular complexity index is 581. The van der Waals surface area contributed by atoms with Gasteiger partial charge in [-0.15, -0.1) is 0 Å². The highest BCUT2D eigenvalue weighted by atomic mass is 16.6. The Morgan fingerprint density at radius 1 is 1.45 bits per heavy atom. The van der Waals surface area contributed by atoms with Crippen LogP contribution < -0.4 is 9.84 Å². The van der Waals surface area contributed by atoms with Crippen LogP contribution in [0.3, 0.4) is 0 Å². The summed E-state index contributed by atoms with van der Waals surface area (Å²) in [6.45, 7) is 6.27. The Labute approximate surface area is 128 Å². The van der Waals surface area contributed by atoms with Crippen LogP contribution in [0.15, 0.2) is 18.3 Å². The Morgan fingerprint density at radius 3 is 2.55 bits per heavy atom. The van der Waals surface area contributed by atoms with Gasteiger partial charge in [0.05, 0.1) is 17.0 Å². The van der Waals surface area contributed by atoms with Crippen molar-refractivity contribution in [3.05, 3.63) is 28.4 Å². The molecule has 1 aromatic heterocycles. The number of nitro groups is 1. The van der Waals surface area contributed by atoms with Gasteiger partial charge in [0.25, 0.3) is 11.8 Å². The van der Waals surface area contributed by atoms with Crippen molar-refractivity contribution < 1.29 is 24.0 Å². The summed E-state index contributed by atoms with van der Waals surface area (Å²) in [5.41, 5.74) is -0.617. The van der Waals surface area contributed by atoms with Crippen molar-refractivity contribution in [3.8, 4) is 5.88 Å². The van der Waals surface area contributed by atoms with Gasteiger partial charge in [-0.3, -0.25) is 14.6 Å². The molecule has 1 aliphatic rings. The third-order valence-corrected chi connectivity index (χ3v) is 4.20. The van der Waals surface area contributed by atoms with Crippen molar-refractivity contribution in [2.45, 2.75) is 38.8 Å². The molecule has 22 heavy (non-hydrogen) atoms. The maximum atomic E-state index is 11.6. The van der Waals surface area contributed by atoms with Crippen LogP contribution in [0.2, 0.25) is 0 Å². The normalized spacial score (nSPS) is 25.0. The van der Waals surface area contributed by atoms with Crippen LogP contribution in [-0.4, -0.2) is 45.2 Å². The van der Waals surface area contributed by atoms with Gasteiger partial charge in [-0.1, -0.05) is 0 Å². The quantitative estimate of drug-likeness (QED) is 0.470. The third-order valence-electron chi connectivity index (χ3n) is 4.20. The van der Waals surface area contributed by atoms with E-state index in [9.17, 15) is 20.0 Å². The lowest BCUT2D eigenvalue weighted by molar-refractivity contribution is -0.909. The highest BCUT2D eigenvalue weighted by molar-refractivity contribution is 5.55. The summed E-state index contributed by atoms with van der Waals surface area (Å²) in [5, 5.41) is 22.2. The first-order valence-corrected chi connectivity index (χ1v) is 7.01. The van der Waals surface area contributed by atoms with Crippen molar-refractivity contribution in [1.29, 1.82) is 0 Å². The number of carbonyl (C=O) groups is 1. The molecular weight excluding hydrogens is 290 g/mol. The van der Waals surface area contributed by atoms with Gasteiger partial charge in [-0.2, -0.15) is 0 Å². The Kier molecular flexibility index (Phi) is 4.06. The van der Waals surface area contributed by atoms with Gasteiger partial charge in [0.15, 0.2) is 6.10 Å². The van der Waals surface area contributed by atoms with Crippen LogP contribution in [0.5, 0.6) is 5.88 Å². The zero-order valence-electron chi connectivity index (χ0n) is 12.8. The third kappa shape index (κ3) is 2.87. The van der Waals surface area contributed by atoms with Crippen molar-refractivity contribution in [1.82, 2.24) is 4.98 Å². The predicted molar refractivity (Wildman–Crippen MR) is 75.1 cm³/mol. The topological polar surface area (TPSA) is 105 Å². The molecular formula is C14H19N3O5. The van der Waals surface area contributed by atoms with Crippen molar-refractivity contribution in [3.63, 3.8) is 0 Å². The number of ether oxygens (including phenoxy) is 1. The van der Waals surface area contributed by atoms with Crippen molar-refractivity contribution in [2.24, 2.45) is 0 Å². The van der Waals surface area contributed by atoms with E-state index in [4.69, 9.17) is 4.74 Å². The molecule has 0 spiro atoms. The monoisotopic (exact) mass is 309 g/mol. The highest BCUT2D eigenvalue weighted by Gasteiger charge is 2.49. The predicted octanol–water partition coefficient (Wildman–Crippen LogP) is 1.10. The van der Waals surface area contributed by atoms with E-state index in [2.05, 4.69) is 4.98 Å². The number of aromatic nitrogens is 1. The van der Waals surface area contributed by atoms with Gasteiger partial charge in [-0.05, 0) is 20.8 Å². The van der Waals surface area contributed by atoms with E-state index in [1.54, 1.807) is 0 Å². The van der Waals surface area contributed by atoms with E-state index in [1.807, 2.05) is 20.8 Å².